The van der Waals surface area contributed by atoms with Crippen molar-refractivity contribution in [2.75, 3.05) is 14.2 Å². The van der Waals surface area contributed by atoms with Crippen LogP contribution >= 0.6 is 36.1 Å². The van der Waals surface area contributed by atoms with E-state index in [1.54, 1.807) is 6.20 Å². The summed E-state index contributed by atoms with van der Waals surface area (Å²) in [5.41, 5.74) is 0.827. The molecule has 0 aliphatic carbocycles. The Kier molecular flexibility index (Phi) is 5.41. The number of hydrogen-bond acceptors (Lipinski definition) is 5. The van der Waals surface area contributed by atoms with Crippen molar-refractivity contribution in [3.8, 4) is 5.75 Å². The first-order chi connectivity index (χ1) is 9.17. The summed E-state index contributed by atoms with van der Waals surface area (Å²) < 4.78 is 15.9. The lowest BCUT2D eigenvalue weighted by Gasteiger charge is -2.12. The molecule has 1 aromatic heterocycles. The Morgan fingerprint density at radius 2 is 1.89 bits per heavy atom. The number of H-pyrrole nitrogens is 1. The topological polar surface area (TPSA) is 61.9 Å². The summed E-state index contributed by atoms with van der Waals surface area (Å²) >= 11 is 9.58. The minimum Gasteiger partial charge on any atom is -0.422 e. The largest absolute Gasteiger partial charge is 0.456 e. The minimum atomic E-state index is -1.85. The molecule has 6 nitrogen and oxygen atoms in total. The van der Waals surface area contributed by atoms with Crippen LogP contribution in [0.4, 0.5) is 0 Å². The average Bonchev–Trinajstić information content (AvgIpc) is 2.78. The predicted octanol–water partition coefficient (Wildman–Crippen LogP) is 4.35. The predicted molar refractivity (Wildman–Crippen MR) is 74.7 cm³/mol. The Morgan fingerprint density at radius 1 is 1.21 bits per heavy atom. The quantitative estimate of drug-likeness (QED) is 0.465. The van der Waals surface area contributed by atoms with Crippen molar-refractivity contribution in [3.63, 3.8) is 0 Å². The zero-order valence-electron chi connectivity index (χ0n) is 9.98. The first kappa shape index (κ1) is 15.0. The molecule has 0 unspecified atom stereocenters. The van der Waals surface area contributed by atoms with E-state index < -0.39 is 8.60 Å². The zero-order valence-corrected chi connectivity index (χ0v) is 13.2. The third-order valence-corrected chi connectivity index (χ3v) is 4.31. The molecule has 1 aromatic carbocycles. The zero-order chi connectivity index (χ0) is 13.8. The van der Waals surface area contributed by atoms with Crippen molar-refractivity contribution in [2.24, 2.45) is 0 Å². The van der Waals surface area contributed by atoms with Gasteiger partial charge in [-0.1, -0.05) is 11.6 Å². The molecular weight excluding hydrogens is 360 g/mol. The summed E-state index contributed by atoms with van der Waals surface area (Å²) in [4.78, 5) is 12.1. The second-order valence-electron chi connectivity index (χ2n) is 3.23. The summed E-state index contributed by atoms with van der Waals surface area (Å²) in [5, 5.41) is 1.24. The Bertz CT molecular complexity index is 560. The highest BCUT2D eigenvalue weighted by molar-refractivity contribution is 9.10. The lowest BCUT2D eigenvalue weighted by atomic mass is 10.2. The van der Waals surface area contributed by atoms with Gasteiger partial charge in [0.15, 0.2) is 5.75 Å². The van der Waals surface area contributed by atoms with Gasteiger partial charge in [0, 0.05) is 10.7 Å². The molecule has 0 saturated heterocycles. The van der Waals surface area contributed by atoms with Crippen LogP contribution in [0.2, 0.25) is 5.02 Å². The van der Waals surface area contributed by atoms with Gasteiger partial charge >= 0.3 is 8.60 Å². The van der Waals surface area contributed by atoms with Crippen molar-refractivity contribution in [1.82, 2.24) is 4.98 Å². The minimum absolute atomic E-state index is 0.474. The maximum absolute atomic E-state index is 6.23. The smallest absolute Gasteiger partial charge is 0.422 e. The summed E-state index contributed by atoms with van der Waals surface area (Å²) in [5.74, 6) is 0.474. The first-order valence-electron chi connectivity index (χ1n) is 5.02. The Hall–Kier alpha value is -0.400. The van der Waals surface area contributed by atoms with Crippen LogP contribution in [0.15, 0.2) is 22.8 Å². The van der Waals surface area contributed by atoms with Gasteiger partial charge in [0.05, 0.1) is 30.1 Å². The second-order valence-corrected chi connectivity index (χ2v) is 5.39. The van der Waals surface area contributed by atoms with Crippen LogP contribution in [0.5, 0.6) is 5.75 Å². The van der Waals surface area contributed by atoms with E-state index in [0.717, 1.165) is 9.99 Å². The second kappa shape index (κ2) is 6.85. The maximum atomic E-state index is 6.23. The Morgan fingerprint density at radius 3 is 2.53 bits per heavy atom. The van der Waals surface area contributed by atoms with E-state index in [1.165, 1.54) is 14.2 Å². The van der Waals surface area contributed by atoms with Crippen molar-refractivity contribution in [1.29, 1.82) is 0 Å². The van der Waals surface area contributed by atoms with Gasteiger partial charge in [0.2, 0.25) is 0 Å². The molecule has 104 valence electrons. The molecular formula is C10H10BrClNO5P. The lowest BCUT2D eigenvalue weighted by molar-refractivity contribution is -0.240. The first-order valence-corrected chi connectivity index (χ1v) is 7.28. The number of aromatic amines is 1. The number of hydrogen-bond donors (Lipinski definition) is 1. The molecule has 0 radical (unpaired) electrons. The molecule has 0 aliphatic rings. The van der Waals surface area contributed by atoms with Gasteiger partial charge in [-0.15, -0.1) is 9.35 Å². The van der Waals surface area contributed by atoms with Crippen molar-refractivity contribution in [2.45, 2.75) is 0 Å². The number of rotatable bonds is 6. The number of aromatic nitrogens is 1. The van der Waals surface area contributed by atoms with E-state index in [4.69, 9.17) is 25.5 Å². The molecule has 1 heterocycles. The van der Waals surface area contributed by atoms with Crippen molar-refractivity contribution >= 4 is 47.0 Å². The molecule has 0 atom stereocenters. The molecule has 0 spiro atoms. The fourth-order valence-electron chi connectivity index (χ4n) is 1.44. The number of fused-ring (bicyclic) bond motifs is 1. The molecule has 2 aromatic rings. The SMILES string of the molecule is COOP(OOC)Oc1c[nH]c2ccc(Br)c(Cl)c12. The fourth-order valence-corrected chi connectivity index (χ4v) is 2.67. The summed E-state index contributed by atoms with van der Waals surface area (Å²) in [6.07, 6.45) is 1.65. The van der Waals surface area contributed by atoms with Crippen LogP contribution in [0, 0.1) is 0 Å². The standard InChI is InChI=1S/C10H10BrClNO5P/c1-14-17-19(18-15-2)16-8-5-13-7-4-3-6(11)10(12)9(7)8/h3-5,13H,1-2H3. The third-order valence-electron chi connectivity index (χ3n) is 2.14. The molecule has 0 bridgehead atoms. The molecule has 19 heavy (non-hydrogen) atoms. The van der Waals surface area contributed by atoms with E-state index >= 15 is 0 Å². The highest BCUT2D eigenvalue weighted by atomic mass is 79.9. The molecule has 2 rings (SSSR count). The molecule has 0 saturated carbocycles. The fraction of sp³-hybridized carbons (Fsp3) is 0.200. The Labute approximate surface area is 123 Å². The molecule has 9 heteroatoms. The highest BCUT2D eigenvalue weighted by Crippen LogP contribution is 2.45. The van der Waals surface area contributed by atoms with Crippen LogP contribution < -0.4 is 4.52 Å². The van der Waals surface area contributed by atoms with Crippen molar-refractivity contribution in [3.05, 3.63) is 27.8 Å². The number of halogens is 2. The van der Waals surface area contributed by atoms with E-state index in [-0.39, 0.29) is 0 Å². The van der Waals surface area contributed by atoms with Gasteiger partial charge in [-0.25, -0.2) is 9.78 Å². The van der Waals surface area contributed by atoms with Crippen LogP contribution in [0.3, 0.4) is 0 Å². The maximum Gasteiger partial charge on any atom is 0.456 e. The van der Waals surface area contributed by atoms with Crippen LogP contribution in [0.1, 0.15) is 0 Å². The van der Waals surface area contributed by atoms with Crippen LogP contribution in [-0.4, -0.2) is 19.2 Å². The summed E-state index contributed by atoms with van der Waals surface area (Å²) in [6, 6.07) is 3.71. The van der Waals surface area contributed by atoms with Gasteiger partial charge in [0.25, 0.3) is 0 Å². The molecule has 0 fully saturated rings. The molecule has 1 N–H and O–H groups in total. The van der Waals surface area contributed by atoms with Gasteiger partial charge in [-0.3, -0.25) is 0 Å². The number of nitrogens with one attached hydrogen (secondary N) is 1. The summed E-state index contributed by atoms with van der Waals surface area (Å²) in [7, 11) is 0.842. The van der Waals surface area contributed by atoms with Gasteiger partial charge in [-0.05, 0) is 28.1 Å². The van der Waals surface area contributed by atoms with E-state index in [2.05, 4.69) is 30.7 Å². The van der Waals surface area contributed by atoms with E-state index in [0.29, 0.717) is 16.2 Å². The van der Waals surface area contributed by atoms with Gasteiger partial charge < -0.3 is 9.51 Å². The average molecular weight is 371 g/mol. The molecule has 0 aliphatic heterocycles. The van der Waals surface area contributed by atoms with E-state index in [1.807, 2.05) is 12.1 Å². The van der Waals surface area contributed by atoms with Gasteiger partial charge in [-0.2, -0.15) is 0 Å². The molecule has 0 amide bonds. The monoisotopic (exact) mass is 369 g/mol. The normalized spacial score (nSPS) is 11.4. The third kappa shape index (κ3) is 3.38. The summed E-state index contributed by atoms with van der Waals surface area (Å²) in [6.45, 7) is 0. The number of benzene rings is 1. The van der Waals surface area contributed by atoms with Crippen LogP contribution in [0.25, 0.3) is 10.9 Å². The van der Waals surface area contributed by atoms with Crippen molar-refractivity contribution < 1.29 is 23.6 Å². The van der Waals surface area contributed by atoms with Gasteiger partial charge in [0.1, 0.15) is 0 Å². The highest BCUT2D eigenvalue weighted by Gasteiger charge is 2.20. The van der Waals surface area contributed by atoms with E-state index in [9.17, 15) is 0 Å². The Balaban J connectivity index is 2.31. The van der Waals surface area contributed by atoms with Crippen LogP contribution in [-0.2, 0) is 19.1 Å². The lowest BCUT2D eigenvalue weighted by Crippen LogP contribution is -1.96.